The molecule has 0 bridgehead atoms. The third-order valence-electron chi connectivity index (χ3n) is 3.01. The maximum absolute atomic E-state index is 5.42. The van der Waals surface area contributed by atoms with Crippen molar-refractivity contribution < 1.29 is 4.74 Å². The lowest BCUT2D eigenvalue weighted by molar-refractivity contribution is 0.416. The van der Waals surface area contributed by atoms with Crippen molar-refractivity contribution in [2.75, 3.05) is 19.0 Å². The highest BCUT2D eigenvalue weighted by molar-refractivity contribution is 5.73. The zero-order chi connectivity index (χ0) is 13.7. The highest BCUT2D eigenvalue weighted by Gasteiger charge is 2.14. The monoisotopic (exact) mass is 257 g/mol. The molecule has 0 fully saturated rings. The van der Waals surface area contributed by atoms with Crippen molar-refractivity contribution in [3.63, 3.8) is 0 Å². The smallest absolute Gasteiger partial charge is 0.133 e. The minimum Gasteiger partial charge on any atom is -0.496 e. The Labute approximate surface area is 113 Å². The van der Waals surface area contributed by atoms with Crippen LogP contribution >= 0.6 is 0 Å². The molecule has 0 saturated carbocycles. The van der Waals surface area contributed by atoms with E-state index in [2.05, 4.69) is 29.1 Å². The van der Waals surface area contributed by atoms with Crippen LogP contribution in [-0.2, 0) is 6.42 Å². The van der Waals surface area contributed by atoms with Gasteiger partial charge in [-0.25, -0.2) is 9.97 Å². The second-order valence-electron chi connectivity index (χ2n) is 4.13. The van der Waals surface area contributed by atoms with Crippen LogP contribution in [0.25, 0.3) is 11.3 Å². The summed E-state index contributed by atoms with van der Waals surface area (Å²) in [4.78, 5) is 8.76. The molecule has 4 nitrogen and oxygen atoms in total. The largest absolute Gasteiger partial charge is 0.496 e. The SMILES string of the molecule is CCNc1ncnc(-c2ccccc2OC)c1CC. The van der Waals surface area contributed by atoms with E-state index in [1.807, 2.05) is 24.3 Å². The normalized spacial score (nSPS) is 10.3. The number of benzene rings is 1. The van der Waals surface area contributed by atoms with Gasteiger partial charge in [-0.15, -0.1) is 0 Å². The Morgan fingerprint density at radius 3 is 2.63 bits per heavy atom. The first kappa shape index (κ1) is 13.3. The van der Waals surface area contributed by atoms with Gasteiger partial charge in [-0.05, 0) is 25.5 Å². The number of rotatable bonds is 5. The van der Waals surface area contributed by atoms with Crippen molar-refractivity contribution in [2.45, 2.75) is 20.3 Å². The van der Waals surface area contributed by atoms with Gasteiger partial charge in [0.25, 0.3) is 0 Å². The van der Waals surface area contributed by atoms with Gasteiger partial charge in [0.05, 0.1) is 12.8 Å². The number of para-hydroxylation sites is 1. The quantitative estimate of drug-likeness (QED) is 0.893. The summed E-state index contributed by atoms with van der Waals surface area (Å²) in [6, 6.07) is 7.92. The number of hydrogen-bond donors (Lipinski definition) is 1. The first-order valence-corrected chi connectivity index (χ1v) is 6.52. The van der Waals surface area contributed by atoms with E-state index in [0.717, 1.165) is 41.4 Å². The lowest BCUT2D eigenvalue weighted by atomic mass is 10.0. The number of anilines is 1. The molecule has 1 aromatic heterocycles. The fourth-order valence-electron chi connectivity index (χ4n) is 2.14. The van der Waals surface area contributed by atoms with Crippen molar-refractivity contribution in [1.82, 2.24) is 9.97 Å². The molecule has 0 radical (unpaired) electrons. The van der Waals surface area contributed by atoms with Crippen molar-refractivity contribution >= 4 is 5.82 Å². The van der Waals surface area contributed by atoms with Crippen LogP contribution in [0.5, 0.6) is 5.75 Å². The van der Waals surface area contributed by atoms with Crippen molar-refractivity contribution in [3.8, 4) is 17.0 Å². The average Bonchev–Trinajstić information content (AvgIpc) is 2.47. The van der Waals surface area contributed by atoms with Gasteiger partial charge >= 0.3 is 0 Å². The molecule has 1 aromatic carbocycles. The molecule has 100 valence electrons. The Hall–Kier alpha value is -2.10. The summed E-state index contributed by atoms with van der Waals surface area (Å²) in [5.74, 6) is 1.74. The molecule has 0 amide bonds. The zero-order valence-electron chi connectivity index (χ0n) is 11.6. The molecular weight excluding hydrogens is 238 g/mol. The van der Waals surface area contributed by atoms with Crippen LogP contribution in [0.3, 0.4) is 0 Å². The predicted octanol–water partition coefficient (Wildman–Crippen LogP) is 3.15. The molecule has 2 aromatic rings. The van der Waals surface area contributed by atoms with Gasteiger partial charge in [0.1, 0.15) is 17.9 Å². The summed E-state index contributed by atoms with van der Waals surface area (Å²) in [6.45, 7) is 5.01. The minimum atomic E-state index is 0.832. The highest BCUT2D eigenvalue weighted by Crippen LogP contribution is 2.32. The summed E-state index contributed by atoms with van der Waals surface area (Å²) in [7, 11) is 1.68. The maximum Gasteiger partial charge on any atom is 0.133 e. The fraction of sp³-hybridized carbons (Fsp3) is 0.333. The zero-order valence-corrected chi connectivity index (χ0v) is 11.6. The molecule has 0 aliphatic heterocycles. The van der Waals surface area contributed by atoms with E-state index >= 15 is 0 Å². The average molecular weight is 257 g/mol. The van der Waals surface area contributed by atoms with Gasteiger partial charge in [-0.2, -0.15) is 0 Å². The molecule has 0 spiro atoms. The van der Waals surface area contributed by atoms with Gasteiger partial charge in [0.15, 0.2) is 0 Å². The van der Waals surface area contributed by atoms with Crippen LogP contribution in [0.4, 0.5) is 5.82 Å². The Bertz CT molecular complexity index is 555. The Balaban J connectivity index is 2.58. The Kier molecular flexibility index (Phi) is 4.34. The van der Waals surface area contributed by atoms with Crippen LogP contribution in [0, 0.1) is 0 Å². The molecular formula is C15H19N3O. The number of hydrogen-bond acceptors (Lipinski definition) is 4. The summed E-state index contributed by atoms with van der Waals surface area (Å²) >= 11 is 0. The Morgan fingerprint density at radius 1 is 1.16 bits per heavy atom. The molecule has 0 saturated heterocycles. The van der Waals surface area contributed by atoms with E-state index in [4.69, 9.17) is 4.74 Å². The van der Waals surface area contributed by atoms with Crippen LogP contribution in [0.1, 0.15) is 19.4 Å². The molecule has 4 heteroatoms. The summed E-state index contributed by atoms with van der Waals surface area (Å²) in [5, 5.41) is 3.28. The van der Waals surface area contributed by atoms with Crippen LogP contribution in [0.15, 0.2) is 30.6 Å². The second kappa shape index (κ2) is 6.18. The Morgan fingerprint density at radius 2 is 1.95 bits per heavy atom. The van der Waals surface area contributed by atoms with Crippen molar-refractivity contribution in [3.05, 3.63) is 36.2 Å². The van der Waals surface area contributed by atoms with Gasteiger partial charge < -0.3 is 10.1 Å². The van der Waals surface area contributed by atoms with Crippen molar-refractivity contribution in [2.24, 2.45) is 0 Å². The number of aromatic nitrogens is 2. The van der Waals surface area contributed by atoms with E-state index in [1.165, 1.54) is 0 Å². The number of ether oxygens (including phenoxy) is 1. The third kappa shape index (κ3) is 2.67. The van der Waals surface area contributed by atoms with E-state index in [-0.39, 0.29) is 0 Å². The maximum atomic E-state index is 5.42. The van der Waals surface area contributed by atoms with Crippen LogP contribution < -0.4 is 10.1 Å². The molecule has 0 aliphatic rings. The molecule has 0 aliphatic carbocycles. The molecule has 0 unspecified atom stereocenters. The number of nitrogens with zero attached hydrogens (tertiary/aromatic N) is 2. The molecule has 1 N–H and O–H groups in total. The van der Waals surface area contributed by atoms with Gasteiger partial charge in [-0.3, -0.25) is 0 Å². The van der Waals surface area contributed by atoms with E-state index < -0.39 is 0 Å². The predicted molar refractivity (Wildman–Crippen MR) is 77.6 cm³/mol. The molecule has 1 heterocycles. The number of nitrogens with one attached hydrogen (secondary N) is 1. The van der Waals surface area contributed by atoms with E-state index in [9.17, 15) is 0 Å². The number of methoxy groups -OCH3 is 1. The van der Waals surface area contributed by atoms with Gasteiger partial charge in [0, 0.05) is 17.7 Å². The first-order valence-electron chi connectivity index (χ1n) is 6.52. The fourth-order valence-corrected chi connectivity index (χ4v) is 2.14. The highest BCUT2D eigenvalue weighted by atomic mass is 16.5. The summed E-state index contributed by atoms with van der Waals surface area (Å²) in [6.07, 6.45) is 2.47. The second-order valence-corrected chi connectivity index (χ2v) is 4.13. The topological polar surface area (TPSA) is 47.0 Å². The first-order chi connectivity index (χ1) is 9.31. The van der Waals surface area contributed by atoms with Crippen molar-refractivity contribution in [1.29, 1.82) is 0 Å². The molecule has 0 atom stereocenters. The summed E-state index contributed by atoms with van der Waals surface area (Å²) in [5.41, 5.74) is 3.06. The molecule has 19 heavy (non-hydrogen) atoms. The third-order valence-corrected chi connectivity index (χ3v) is 3.01. The lowest BCUT2D eigenvalue weighted by Gasteiger charge is -2.14. The lowest BCUT2D eigenvalue weighted by Crippen LogP contribution is -2.06. The van der Waals surface area contributed by atoms with E-state index in [1.54, 1.807) is 13.4 Å². The summed E-state index contributed by atoms with van der Waals surface area (Å²) < 4.78 is 5.42. The van der Waals surface area contributed by atoms with E-state index in [0.29, 0.717) is 0 Å². The van der Waals surface area contributed by atoms with Crippen LogP contribution in [0.2, 0.25) is 0 Å². The van der Waals surface area contributed by atoms with Gasteiger partial charge in [0.2, 0.25) is 0 Å². The minimum absolute atomic E-state index is 0.832. The van der Waals surface area contributed by atoms with Crippen LogP contribution in [-0.4, -0.2) is 23.6 Å². The standard InChI is InChI=1S/C15H19N3O/c1-4-11-14(17-10-18-15(11)16-5-2)12-8-6-7-9-13(12)19-3/h6-10H,4-5H2,1-3H3,(H,16,17,18). The molecule has 2 rings (SSSR count). The van der Waals surface area contributed by atoms with Gasteiger partial charge in [-0.1, -0.05) is 19.1 Å².